The molecule has 0 aliphatic heterocycles. The smallest absolute Gasteiger partial charge is 0.123 e. The van der Waals surface area contributed by atoms with Crippen LogP contribution in [0, 0.1) is 11.7 Å². The molecule has 1 aromatic rings. The molecule has 0 bridgehead atoms. The summed E-state index contributed by atoms with van der Waals surface area (Å²) < 4.78 is 12.9. The third-order valence-electron chi connectivity index (χ3n) is 3.41. The Bertz CT molecular complexity index is 363. The number of halogens is 1. The van der Waals surface area contributed by atoms with E-state index in [1.54, 1.807) is 12.1 Å². The molecule has 1 aromatic carbocycles. The zero-order valence-corrected chi connectivity index (χ0v) is 11.8. The van der Waals surface area contributed by atoms with Gasteiger partial charge in [-0.15, -0.1) is 0 Å². The number of hydrogen-bond acceptors (Lipinski definition) is 3. The van der Waals surface area contributed by atoms with Gasteiger partial charge in [0.15, 0.2) is 0 Å². The van der Waals surface area contributed by atoms with Crippen LogP contribution < -0.4 is 5.32 Å². The van der Waals surface area contributed by atoms with Crippen LogP contribution >= 0.6 is 0 Å². The molecule has 19 heavy (non-hydrogen) atoms. The lowest BCUT2D eigenvalue weighted by atomic mass is 9.92. The number of rotatable bonds is 7. The highest BCUT2D eigenvalue weighted by atomic mass is 19.1. The van der Waals surface area contributed by atoms with Gasteiger partial charge < -0.3 is 15.5 Å². The molecule has 0 saturated heterocycles. The van der Waals surface area contributed by atoms with Crippen molar-refractivity contribution in [2.75, 3.05) is 6.61 Å². The normalized spacial score (nSPS) is 16.4. The first-order chi connectivity index (χ1) is 8.99. The fourth-order valence-electron chi connectivity index (χ4n) is 2.09. The summed E-state index contributed by atoms with van der Waals surface area (Å²) in [6.07, 6.45) is 0.0664. The zero-order chi connectivity index (χ0) is 14.4. The zero-order valence-electron chi connectivity index (χ0n) is 11.8. The van der Waals surface area contributed by atoms with E-state index >= 15 is 0 Å². The van der Waals surface area contributed by atoms with Crippen molar-refractivity contribution in [3.8, 4) is 0 Å². The maximum Gasteiger partial charge on any atom is 0.123 e. The molecule has 3 nitrogen and oxygen atoms in total. The van der Waals surface area contributed by atoms with Crippen LogP contribution in [0.4, 0.5) is 4.39 Å². The third-order valence-corrected chi connectivity index (χ3v) is 3.41. The van der Waals surface area contributed by atoms with Crippen molar-refractivity contribution in [2.24, 2.45) is 5.92 Å². The second-order valence-electron chi connectivity index (χ2n) is 5.22. The minimum atomic E-state index is -0.721. The molecule has 0 heterocycles. The highest BCUT2D eigenvalue weighted by Gasteiger charge is 2.25. The molecule has 4 heteroatoms. The molecule has 0 spiro atoms. The Morgan fingerprint density at radius 2 is 1.79 bits per heavy atom. The first-order valence-corrected chi connectivity index (χ1v) is 6.80. The van der Waals surface area contributed by atoms with E-state index in [9.17, 15) is 14.6 Å². The second-order valence-corrected chi connectivity index (χ2v) is 5.22. The van der Waals surface area contributed by atoms with Gasteiger partial charge in [-0.2, -0.15) is 0 Å². The van der Waals surface area contributed by atoms with Crippen LogP contribution in [0.3, 0.4) is 0 Å². The highest BCUT2D eigenvalue weighted by Crippen LogP contribution is 2.23. The van der Waals surface area contributed by atoms with E-state index < -0.39 is 6.10 Å². The largest absolute Gasteiger partial charge is 0.395 e. The lowest BCUT2D eigenvalue weighted by Crippen LogP contribution is -2.46. The summed E-state index contributed by atoms with van der Waals surface area (Å²) in [5.41, 5.74) is 0.681. The molecule has 0 fully saturated rings. The van der Waals surface area contributed by atoms with E-state index in [-0.39, 0.29) is 30.4 Å². The summed E-state index contributed by atoms with van der Waals surface area (Å²) in [5.74, 6) is -0.118. The molecular formula is C15H24FNO2. The molecule has 3 atom stereocenters. The van der Waals surface area contributed by atoms with Crippen molar-refractivity contribution in [3.05, 3.63) is 35.6 Å². The van der Waals surface area contributed by atoms with Gasteiger partial charge in [-0.25, -0.2) is 4.39 Å². The van der Waals surface area contributed by atoms with Gasteiger partial charge in [0.05, 0.1) is 12.7 Å². The maximum absolute atomic E-state index is 12.9. The number of hydrogen-bond donors (Lipinski definition) is 3. The van der Waals surface area contributed by atoms with Crippen LogP contribution in [-0.2, 0) is 0 Å². The van der Waals surface area contributed by atoms with Crippen LogP contribution in [0.25, 0.3) is 0 Å². The molecule has 3 N–H and O–H groups in total. The Morgan fingerprint density at radius 3 is 2.21 bits per heavy atom. The lowest BCUT2D eigenvalue weighted by molar-refractivity contribution is 0.0886. The molecule has 3 unspecified atom stereocenters. The van der Waals surface area contributed by atoms with E-state index in [2.05, 4.69) is 5.32 Å². The van der Waals surface area contributed by atoms with E-state index in [1.807, 2.05) is 20.8 Å². The predicted octanol–water partition coefficient (Wildman–Crippen LogP) is 2.24. The van der Waals surface area contributed by atoms with E-state index in [4.69, 9.17) is 0 Å². The van der Waals surface area contributed by atoms with Crippen LogP contribution in [0.5, 0.6) is 0 Å². The lowest BCUT2D eigenvalue weighted by Gasteiger charge is -2.31. The molecule has 0 amide bonds. The Morgan fingerprint density at radius 1 is 1.21 bits per heavy atom. The molecule has 0 aromatic heterocycles. The molecule has 108 valence electrons. The molecule has 0 radical (unpaired) electrons. The Hall–Kier alpha value is -0.970. The fourth-order valence-corrected chi connectivity index (χ4v) is 2.09. The van der Waals surface area contributed by atoms with Gasteiger partial charge in [-0.1, -0.05) is 32.9 Å². The monoisotopic (exact) mass is 269 g/mol. The SMILES string of the molecule is CCC(CO)NC(C(C)C)C(O)c1ccc(F)cc1. The number of aliphatic hydroxyl groups is 2. The minimum Gasteiger partial charge on any atom is -0.395 e. The number of benzene rings is 1. The summed E-state index contributed by atoms with van der Waals surface area (Å²) in [6.45, 7) is 6.04. The first kappa shape index (κ1) is 16.1. The van der Waals surface area contributed by atoms with E-state index in [0.717, 1.165) is 6.42 Å². The standard InChI is InChI=1S/C15H24FNO2/c1-4-13(9-18)17-14(10(2)3)15(19)11-5-7-12(16)8-6-11/h5-8,10,13-15,17-19H,4,9H2,1-3H3. The third kappa shape index (κ3) is 4.56. The van der Waals surface area contributed by atoms with Crippen molar-refractivity contribution >= 4 is 0 Å². The summed E-state index contributed by atoms with van der Waals surface area (Å²) >= 11 is 0. The van der Waals surface area contributed by atoms with Gasteiger partial charge in [0.25, 0.3) is 0 Å². The van der Waals surface area contributed by atoms with Crippen molar-refractivity contribution in [2.45, 2.75) is 45.4 Å². The fraction of sp³-hybridized carbons (Fsp3) is 0.600. The van der Waals surface area contributed by atoms with Gasteiger partial charge >= 0.3 is 0 Å². The van der Waals surface area contributed by atoms with E-state index in [1.165, 1.54) is 12.1 Å². The van der Waals surface area contributed by atoms with Crippen LogP contribution in [0.1, 0.15) is 38.9 Å². The summed E-state index contributed by atoms with van der Waals surface area (Å²) in [5, 5.41) is 22.9. The van der Waals surface area contributed by atoms with E-state index in [0.29, 0.717) is 5.56 Å². The quantitative estimate of drug-likeness (QED) is 0.711. The Balaban J connectivity index is 2.83. The predicted molar refractivity (Wildman–Crippen MR) is 74.3 cm³/mol. The van der Waals surface area contributed by atoms with Crippen molar-refractivity contribution in [1.29, 1.82) is 0 Å². The topological polar surface area (TPSA) is 52.5 Å². The average molecular weight is 269 g/mol. The summed E-state index contributed by atoms with van der Waals surface area (Å²) in [4.78, 5) is 0. The second kappa shape index (κ2) is 7.58. The van der Waals surface area contributed by atoms with Crippen LogP contribution in [0.15, 0.2) is 24.3 Å². The van der Waals surface area contributed by atoms with Gasteiger partial charge in [-0.05, 0) is 30.0 Å². The van der Waals surface area contributed by atoms with Crippen LogP contribution in [0.2, 0.25) is 0 Å². The van der Waals surface area contributed by atoms with Crippen LogP contribution in [-0.4, -0.2) is 28.9 Å². The molecular weight excluding hydrogens is 245 g/mol. The minimum absolute atomic E-state index is 0.0376. The van der Waals surface area contributed by atoms with Gasteiger partial charge in [-0.3, -0.25) is 0 Å². The van der Waals surface area contributed by atoms with Crippen molar-refractivity contribution < 1.29 is 14.6 Å². The van der Waals surface area contributed by atoms with Gasteiger partial charge in [0.2, 0.25) is 0 Å². The number of nitrogens with one attached hydrogen (secondary N) is 1. The van der Waals surface area contributed by atoms with Crippen molar-refractivity contribution in [3.63, 3.8) is 0 Å². The number of aliphatic hydroxyl groups excluding tert-OH is 2. The molecule has 0 saturated carbocycles. The van der Waals surface area contributed by atoms with Gasteiger partial charge in [0.1, 0.15) is 5.82 Å². The average Bonchev–Trinajstić information content (AvgIpc) is 2.40. The Labute approximate surface area is 114 Å². The van der Waals surface area contributed by atoms with Gasteiger partial charge in [0, 0.05) is 12.1 Å². The maximum atomic E-state index is 12.9. The highest BCUT2D eigenvalue weighted by molar-refractivity contribution is 5.20. The van der Waals surface area contributed by atoms with Crippen molar-refractivity contribution in [1.82, 2.24) is 5.32 Å². The molecule has 0 aliphatic carbocycles. The molecule has 0 aliphatic rings. The first-order valence-electron chi connectivity index (χ1n) is 6.80. The molecule has 1 rings (SSSR count). The summed E-state index contributed by atoms with van der Waals surface area (Å²) in [7, 11) is 0. The Kier molecular flexibility index (Phi) is 6.42. The summed E-state index contributed by atoms with van der Waals surface area (Å²) in [6, 6.07) is 5.66.